The summed E-state index contributed by atoms with van der Waals surface area (Å²) in [5.74, 6) is 2.21. The second-order valence-electron chi connectivity index (χ2n) is 6.23. The van der Waals surface area contributed by atoms with Crippen LogP contribution in [0.5, 0.6) is 0 Å². The normalized spacial score (nSPS) is 28.7. The van der Waals surface area contributed by atoms with Gasteiger partial charge in [0.1, 0.15) is 17.3 Å². The third kappa shape index (κ3) is 2.81. The van der Waals surface area contributed by atoms with Crippen molar-refractivity contribution in [1.82, 2.24) is 4.31 Å². The van der Waals surface area contributed by atoms with Crippen LogP contribution in [0.4, 0.5) is 0 Å². The molecule has 2 fully saturated rings. The highest BCUT2D eigenvalue weighted by Crippen LogP contribution is 2.48. The van der Waals surface area contributed by atoms with Crippen LogP contribution in [-0.4, -0.2) is 31.4 Å². The molecule has 0 aromatic carbocycles. The lowest BCUT2D eigenvalue weighted by atomic mass is 9.89. The second-order valence-corrected chi connectivity index (χ2v) is 8.96. The van der Waals surface area contributed by atoms with Crippen LogP contribution in [0, 0.1) is 17.8 Å². The van der Waals surface area contributed by atoms with Crippen molar-refractivity contribution in [3.8, 4) is 0 Å². The average Bonchev–Trinajstić information content (AvgIpc) is 3.13. The highest BCUT2D eigenvalue weighted by molar-refractivity contribution is 9.10. The standard InChI is InChI=1S/C14H20BrNO4S/c1-16(7-11-5-9-2-3-10(11)4-9)21(18,19)13-6-12(8-17)20-14(13)15/h6,9-11,17H,2-5,7-8H2,1H3. The van der Waals surface area contributed by atoms with Crippen LogP contribution < -0.4 is 0 Å². The van der Waals surface area contributed by atoms with Gasteiger partial charge in [0.15, 0.2) is 4.67 Å². The molecule has 0 saturated heterocycles. The van der Waals surface area contributed by atoms with E-state index in [0.29, 0.717) is 18.4 Å². The molecule has 118 valence electrons. The van der Waals surface area contributed by atoms with Gasteiger partial charge < -0.3 is 9.52 Å². The van der Waals surface area contributed by atoms with Gasteiger partial charge in [0, 0.05) is 19.7 Å². The van der Waals surface area contributed by atoms with Gasteiger partial charge in [-0.2, -0.15) is 0 Å². The Labute approximate surface area is 133 Å². The van der Waals surface area contributed by atoms with Gasteiger partial charge in [0.2, 0.25) is 10.0 Å². The Morgan fingerprint density at radius 2 is 2.19 bits per heavy atom. The first-order valence-electron chi connectivity index (χ1n) is 7.27. The Hall–Kier alpha value is -0.370. The lowest BCUT2D eigenvalue weighted by molar-refractivity contribution is 0.245. The van der Waals surface area contributed by atoms with E-state index in [1.165, 1.54) is 29.6 Å². The molecule has 2 bridgehead atoms. The van der Waals surface area contributed by atoms with E-state index in [9.17, 15) is 8.42 Å². The number of aliphatic hydroxyl groups is 1. The maximum absolute atomic E-state index is 12.6. The van der Waals surface area contributed by atoms with Crippen molar-refractivity contribution in [3.63, 3.8) is 0 Å². The largest absolute Gasteiger partial charge is 0.450 e. The summed E-state index contributed by atoms with van der Waals surface area (Å²) in [6, 6.07) is 1.39. The molecule has 2 aliphatic carbocycles. The number of fused-ring (bicyclic) bond motifs is 2. The van der Waals surface area contributed by atoms with E-state index in [1.807, 2.05) is 0 Å². The number of halogens is 1. The first-order chi connectivity index (χ1) is 9.91. The molecule has 1 N–H and O–H groups in total. The van der Waals surface area contributed by atoms with Crippen molar-refractivity contribution < 1.29 is 17.9 Å². The predicted octanol–water partition coefficient (Wildman–Crippen LogP) is 2.59. The maximum atomic E-state index is 12.6. The van der Waals surface area contributed by atoms with Gasteiger partial charge in [0.05, 0.1) is 0 Å². The summed E-state index contributed by atoms with van der Waals surface area (Å²) in [7, 11) is -1.96. The highest BCUT2D eigenvalue weighted by atomic mass is 79.9. The molecule has 3 unspecified atom stereocenters. The number of furan rings is 1. The molecule has 5 nitrogen and oxygen atoms in total. The van der Waals surface area contributed by atoms with E-state index in [1.54, 1.807) is 7.05 Å². The Morgan fingerprint density at radius 1 is 1.43 bits per heavy atom. The van der Waals surface area contributed by atoms with Gasteiger partial charge in [-0.3, -0.25) is 0 Å². The van der Waals surface area contributed by atoms with Crippen LogP contribution >= 0.6 is 15.9 Å². The first kappa shape index (κ1) is 15.5. The van der Waals surface area contributed by atoms with E-state index in [0.717, 1.165) is 12.3 Å². The summed E-state index contributed by atoms with van der Waals surface area (Å²) in [5, 5.41) is 9.06. The first-order valence-corrected chi connectivity index (χ1v) is 9.50. The molecule has 0 spiro atoms. The third-order valence-corrected chi connectivity index (χ3v) is 7.61. The van der Waals surface area contributed by atoms with Crippen LogP contribution in [0.25, 0.3) is 0 Å². The quantitative estimate of drug-likeness (QED) is 0.855. The van der Waals surface area contributed by atoms with Crippen molar-refractivity contribution in [2.75, 3.05) is 13.6 Å². The van der Waals surface area contributed by atoms with Gasteiger partial charge in [-0.05, 0) is 52.9 Å². The topological polar surface area (TPSA) is 70.8 Å². The number of nitrogens with zero attached hydrogens (tertiary/aromatic N) is 1. The van der Waals surface area contributed by atoms with Crippen LogP contribution in [0.1, 0.15) is 31.4 Å². The number of hydrogen-bond donors (Lipinski definition) is 1. The highest BCUT2D eigenvalue weighted by Gasteiger charge is 2.41. The minimum Gasteiger partial charge on any atom is -0.450 e. The van der Waals surface area contributed by atoms with Crippen molar-refractivity contribution in [2.24, 2.45) is 17.8 Å². The van der Waals surface area contributed by atoms with Gasteiger partial charge in [-0.15, -0.1) is 0 Å². The van der Waals surface area contributed by atoms with Gasteiger partial charge >= 0.3 is 0 Å². The van der Waals surface area contributed by atoms with Crippen molar-refractivity contribution in [1.29, 1.82) is 0 Å². The van der Waals surface area contributed by atoms with Crippen molar-refractivity contribution in [3.05, 3.63) is 16.5 Å². The number of rotatable bonds is 5. The van der Waals surface area contributed by atoms with Crippen molar-refractivity contribution in [2.45, 2.75) is 37.2 Å². The minimum atomic E-state index is -3.58. The summed E-state index contributed by atoms with van der Waals surface area (Å²) in [4.78, 5) is 0.0946. The molecular weight excluding hydrogens is 358 g/mol. The minimum absolute atomic E-state index is 0.0946. The van der Waals surface area contributed by atoms with E-state index in [2.05, 4.69) is 15.9 Å². The van der Waals surface area contributed by atoms with E-state index in [-0.39, 0.29) is 21.9 Å². The van der Waals surface area contributed by atoms with Crippen LogP contribution in [0.15, 0.2) is 20.0 Å². The van der Waals surface area contributed by atoms with E-state index >= 15 is 0 Å². The predicted molar refractivity (Wildman–Crippen MR) is 81.1 cm³/mol. The maximum Gasteiger partial charge on any atom is 0.247 e. The zero-order valence-electron chi connectivity index (χ0n) is 12.0. The Bertz CT molecular complexity index is 627. The molecule has 1 aromatic rings. The smallest absolute Gasteiger partial charge is 0.247 e. The average molecular weight is 378 g/mol. The van der Waals surface area contributed by atoms with Gasteiger partial charge in [-0.1, -0.05) is 6.42 Å². The van der Waals surface area contributed by atoms with E-state index in [4.69, 9.17) is 9.52 Å². The van der Waals surface area contributed by atoms with Crippen LogP contribution in [0.3, 0.4) is 0 Å². The number of aliphatic hydroxyl groups excluding tert-OH is 1. The second kappa shape index (κ2) is 5.68. The zero-order chi connectivity index (χ0) is 15.2. The summed E-state index contributed by atoms with van der Waals surface area (Å²) in [6.07, 6.45) is 4.97. The Kier molecular flexibility index (Phi) is 4.20. The number of hydrogen-bond acceptors (Lipinski definition) is 4. The molecule has 2 aliphatic rings. The molecule has 2 saturated carbocycles. The molecule has 0 radical (unpaired) electrons. The van der Waals surface area contributed by atoms with Gasteiger partial charge in [-0.25, -0.2) is 12.7 Å². The molecule has 0 amide bonds. The Morgan fingerprint density at radius 3 is 2.71 bits per heavy atom. The zero-order valence-corrected chi connectivity index (χ0v) is 14.4. The monoisotopic (exact) mass is 377 g/mol. The fraction of sp³-hybridized carbons (Fsp3) is 0.714. The molecule has 1 heterocycles. The van der Waals surface area contributed by atoms with Gasteiger partial charge in [0.25, 0.3) is 0 Å². The summed E-state index contributed by atoms with van der Waals surface area (Å²) in [5.41, 5.74) is 0. The van der Waals surface area contributed by atoms with Crippen LogP contribution in [-0.2, 0) is 16.6 Å². The summed E-state index contributed by atoms with van der Waals surface area (Å²) < 4.78 is 32.0. The molecule has 3 atom stereocenters. The van der Waals surface area contributed by atoms with Crippen LogP contribution in [0.2, 0.25) is 0 Å². The van der Waals surface area contributed by atoms with E-state index < -0.39 is 10.0 Å². The molecule has 7 heteroatoms. The fourth-order valence-electron chi connectivity index (χ4n) is 3.85. The summed E-state index contributed by atoms with van der Waals surface area (Å²) >= 11 is 3.12. The lowest BCUT2D eigenvalue weighted by Gasteiger charge is -2.26. The SMILES string of the molecule is CN(CC1CC2CCC1C2)S(=O)(=O)c1cc(CO)oc1Br. The summed E-state index contributed by atoms with van der Waals surface area (Å²) in [6.45, 7) is 0.250. The fourth-order valence-corrected chi connectivity index (χ4v) is 6.03. The Balaban J connectivity index is 1.76. The molecular formula is C14H20BrNO4S. The number of sulfonamides is 1. The third-order valence-electron chi connectivity index (χ3n) is 4.93. The lowest BCUT2D eigenvalue weighted by Crippen LogP contribution is -2.33. The molecule has 1 aromatic heterocycles. The van der Waals surface area contributed by atoms with Crippen molar-refractivity contribution >= 4 is 26.0 Å². The molecule has 3 rings (SSSR count). The molecule has 21 heavy (non-hydrogen) atoms. The molecule has 0 aliphatic heterocycles.